The van der Waals surface area contributed by atoms with E-state index in [1.165, 1.54) is 5.56 Å². The number of benzene rings is 2. The van der Waals surface area contributed by atoms with Gasteiger partial charge >= 0.3 is 0 Å². The molecule has 0 saturated carbocycles. The largest absolute Gasteiger partial charge is 0.494 e. The maximum atomic E-state index is 12.8. The zero-order valence-electron chi connectivity index (χ0n) is 17.7. The van der Waals surface area contributed by atoms with Crippen LogP contribution in [0.5, 0.6) is 5.75 Å². The molecule has 2 aromatic rings. The zero-order chi connectivity index (χ0) is 21.6. The van der Waals surface area contributed by atoms with E-state index in [4.69, 9.17) is 4.74 Å². The first-order valence-corrected chi connectivity index (χ1v) is 11.6. The van der Waals surface area contributed by atoms with Crippen LogP contribution < -0.4 is 14.4 Å². The predicted octanol–water partition coefficient (Wildman–Crippen LogP) is 3.68. The van der Waals surface area contributed by atoms with E-state index in [1.807, 2.05) is 38.1 Å². The molecule has 0 aliphatic carbocycles. The molecular formula is C22H30N2O4S. The zero-order valence-corrected chi connectivity index (χ0v) is 18.5. The average Bonchev–Trinajstić information content (AvgIpc) is 2.68. The summed E-state index contributed by atoms with van der Waals surface area (Å²) in [5, 5.41) is 2.92. The average molecular weight is 419 g/mol. The van der Waals surface area contributed by atoms with Gasteiger partial charge in [-0.3, -0.25) is 9.10 Å². The normalized spacial score (nSPS) is 13.4. The number of carbonyl (C=O) groups is 1. The van der Waals surface area contributed by atoms with E-state index in [0.717, 1.165) is 22.5 Å². The van der Waals surface area contributed by atoms with Crippen LogP contribution >= 0.6 is 0 Å². The molecule has 0 bridgehead atoms. The second kappa shape index (κ2) is 9.78. The van der Waals surface area contributed by atoms with Crippen molar-refractivity contribution in [1.82, 2.24) is 5.32 Å². The van der Waals surface area contributed by atoms with Crippen LogP contribution in [0, 0.1) is 0 Å². The fraction of sp³-hybridized carbons (Fsp3) is 0.409. The maximum Gasteiger partial charge on any atom is 0.244 e. The van der Waals surface area contributed by atoms with Gasteiger partial charge in [0.2, 0.25) is 15.9 Å². The minimum absolute atomic E-state index is 0.238. The van der Waals surface area contributed by atoms with Gasteiger partial charge in [0.05, 0.1) is 24.6 Å². The third-order valence-electron chi connectivity index (χ3n) is 4.74. The number of anilines is 1. The molecule has 0 aliphatic heterocycles. The predicted molar refractivity (Wildman–Crippen MR) is 117 cm³/mol. The van der Waals surface area contributed by atoms with Crippen LogP contribution in [0.3, 0.4) is 0 Å². The summed E-state index contributed by atoms with van der Waals surface area (Å²) in [5.41, 5.74) is 2.60. The molecule has 0 spiro atoms. The number of ether oxygens (including phenoxy) is 1. The number of carbonyl (C=O) groups excluding carboxylic acids is 1. The van der Waals surface area contributed by atoms with Crippen LogP contribution in [-0.4, -0.2) is 33.2 Å². The van der Waals surface area contributed by atoms with Gasteiger partial charge < -0.3 is 10.1 Å². The van der Waals surface area contributed by atoms with Gasteiger partial charge in [-0.25, -0.2) is 8.42 Å². The topological polar surface area (TPSA) is 75.7 Å². The summed E-state index contributed by atoms with van der Waals surface area (Å²) in [6.45, 7) is 7.95. The highest BCUT2D eigenvalue weighted by Crippen LogP contribution is 2.24. The number of nitrogens with zero attached hydrogens (tertiary/aromatic N) is 1. The Morgan fingerprint density at radius 1 is 1.03 bits per heavy atom. The fourth-order valence-corrected chi connectivity index (χ4v) is 4.30. The van der Waals surface area contributed by atoms with E-state index in [2.05, 4.69) is 12.2 Å². The molecule has 2 aromatic carbocycles. The van der Waals surface area contributed by atoms with Crippen LogP contribution in [0.15, 0.2) is 48.5 Å². The first-order chi connectivity index (χ1) is 13.7. The number of hydrogen-bond donors (Lipinski definition) is 1. The van der Waals surface area contributed by atoms with Crippen molar-refractivity contribution < 1.29 is 17.9 Å². The second-order valence-electron chi connectivity index (χ2n) is 6.99. The van der Waals surface area contributed by atoms with E-state index in [9.17, 15) is 13.2 Å². The van der Waals surface area contributed by atoms with E-state index in [-0.39, 0.29) is 11.9 Å². The van der Waals surface area contributed by atoms with Gasteiger partial charge in [0.15, 0.2) is 0 Å². The molecule has 1 N–H and O–H groups in total. The number of aryl methyl sites for hydroxylation is 1. The highest BCUT2D eigenvalue weighted by Gasteiger charge is 2.29. The molecule has 0 aliphatic rings. The molecule has 6 nitrogen and oxygen atoms in total. The summed E-state index contributed by atoms with van der Waals surface area (Å²) in [7, 11) is -3.67. The molecular weight excluding hydrogens is 388 g/mol. The Labute approximate surface area is 173 Å². The van der Waals surface area contributed by atoms with Crippen molar-refractivity contribution in [2.24, 2.45) is 0 Å². The van der Waals surface area contributed by atoms with Crippen molar-refractivity contribution in [2.75, 3.05) is 17.2 Å². The monoisotopic (exact) mass is 418 g/mol. The van der Waals surface area contributed by atoms with E-state index in [0.29, 0.717) is 18.0 Å². The van der Waals surface area contributed by atoms with Gasteiger partial charge in [-0.1, -0.05) is 31.2 Å². The lowest BCUT2D eigenvalue weighted by atomic mass is 10.0. The second-order valence-corrected chi connectivity index (χ2v) is 8.85. The molecule has 29 heavy (non-hydrogen) atoms. The van der Waals surface area contributed by atoms with Crippen LogP contribution in [0.1, 0.15) is 44.9 Å². The van der Waals surface area contributed by atoms with Crippen molar-refractivity contribution in [3.8, 4) is 5.75 Å². The third-order valence-corrected chi connectivity index (χ3v) is 5.98. The minimum Gasteiger partial charge on any atom is -0.494 e. The van der Waals surface area contributed by atoms with Gasteiger partial charge in [0.1, 0.15) is 11.8 Å². The summed E-state index contributed by atoms with van der Waals surface area (Å²) in [6.07, 6.45) is 2.05. The Hall–Kier alpha value is -2.54. The summed E-state index contributed by atoms with van der Waals surface area (Å²) in [4.78, 5) is 12.8. The highest BCUT2D eigenvalue weighted by atomic mass is 32.2. The molecule has 7 heteroatoms. The lowest BCUT2D eigenvalue weighted by Crippen LogP contribution is -2.48. The minimum atomic E-state index is -3.67. The molecule has 158 valence electrons. The van der Waals surface area contributed by atoms with Crippen molar-refractivity contribution in [3.05, 3.63) is 59.7 Å². The molecule has 0 unspecified atom stereocenters. The Balaban J connectivity index is 2.19. The molecule has 1 amide bonds. The third kappa shape index (κ3) is 5.97. The van der Waals surface area contributed by atoms with Crippen molar-refractivity contribution in [2.45, 2.75) is 46.2 Å². The molecule has 2 atom stereocenters. The highest BCUT2D eigenvalue weighted by molar-refractivity contribution is 7.92. The van der Waals surface area contributed by atoms with E-state index in [1.54, 1.807) is 31.2 Å². The quantitative estimate of drug-likeness (QED) is 0.674. The smallest absolute Gasteiger partial charge is 0.244 e. The SMILES string of the molecule is CCOc1ccc(N([C@H](C)C(=O)N[C@H](C)c2ccc(CC)cc2)S(C)(=O)=O)cc1. The van der Waals surface area contributed by atoms with Gasteiger partial charge in [-0.15, -0.1) is 0 Å². The molecule has 0 aromatic heterocycles. The maximum absolute atomic E-state index is 12.8. The fourth-order valence-electron chi connectivity index (χ4n) is 3.12. The molecule has 2 rings (SSSR count). The van der Waals surface area contributed by atoms with E-state index < -0.39 is 16.1 Å². The van der Waals surface area contributed by atoms with E-state index >= 15 is 0 Å². The Bertz CT molecular complexity index is 909. The Morgan fingerprint density at radius 2 is 1.62 bits per heavy atom. The van der Waals surface area contributed by atoms with Crippen LogP contribution in [0.25, 0.3) is 0 Å². The van der Waals surface area contributed by atoms with Gasteiger partial charge in [-0.05, 0) is 62.6 Å². The van der Waals surface area contributed by atoms with Gasteiger partial charge in [-0.2, -0.15) is 0 Å². The lowest BCUT2D eigenvalue weighted by Gasteiger charge is -2.29. The first-order valence-electron chi connectivity index (χ1n) is 9.78. The number of rotatable bonds is 9. The molecule has 0 radical (unpaired) electrons. The van der Waals surface area contributed by atoms with Gasteiger partial charge in [0.25, 0.3) is 0 Å². The van der Waals surface area contributed by atoms with Crippen molar-refractivity contribution in [1.29, 1.82) is 0 Å². The van der Waals surface area contributed by atoms with Gasteiger partial charge in [0, 0.05) is 0 Å². The molecule has 0 heterocycles. The lowest BCUT2D eigenvalue weighted by molar-refractivity contribution is -0.122. The molecule has 0 fully saturated rings. The standard InChI is InChI=1S/C22H30N2O4S/c1-6-18-8-10-19(11-9-18)16(3)23-22(25)17(4)24(29(5,26)27)20-12-14-21(15-13-20)28-7-2/h8-17H,6-7H2,1-5H3,(H,23,25)/t16-,17-/m1/s1. The number of sulfonamides is 1. The Kier molecular flexibility index (Phi) is 7.67. The summed E-state index contributed by atoms with van der Waals surface area (Å²) in [5.74, 6) is 0.280. The summed E-state index contributed by atoms with van der Waals surface area (Å²) in [6, 6.07) is 13.6. The number of nitrogens with one attached hydrogen (secondary N) is 1. The van der Waals surface area contributed by atoms with Crippen LogP contribution in [0.4, 0.5) is 5.69 Å². The molecule has 0 saturated heterocycles. The number of amides is 1. The summed E-state index contributed by atoms with van der Waals surface area (Å²) < 4.78 is 31.4. The van der Waals surface area contributed by atoms with Crippen LogP contribution in [0.2, 0.25) is 0 Å². The van der Waals surface area contributed by atoms with Crippen LogP contribution in [-0.2, 0) is 21.2 Å². The number of hydrogen-bond acceptors (Lipinski definition) is 4. The summed E-state index contributed by atoms with van der Waals surface area (Å²) >= 11 is 0. The van der Waals surface area contributed by atoms with Crippen molar-refractivity contribution in [3.63, 3.8) is 0 Å². The first kappa shape index (κ1) is 22.7. The Morgan fingerprint density at radius 3 is 2.10 bits per heavy atom. The van der Waals surface area contributed by atoms with Crippen molar-refractivity contribution >= 4 is 21.6 Å².